The number of Topliss-reactive ketones (excluding diaryl/α,β-unsaturated/α-hetero) is 1. The summed E-state index contributed by atoms with van der Waals surface area (Å²) in [6.45, 7) is 1.20. The molecule has 1 saturated heterocycles. The number of carbonyl (C=O) groups is 2. The summed E-state index contributed by atoms with van der Waals surface area (Å²) >= 11 is 0. The van der Waals surface area contributed by atoms with Gasteiger partial charge in [-0.3, -0.25) is 14.6 Å². The quantitative estimate of drug-likeness (QED) is 0.378. The van der Waals surface area contributed by atoms with Crippen LogP contribution >= 0.6 is 0 Å². The van der Waals surface area contributed by atoms with Crippen molar-refractivity contribution in [1.29, 1.82) is 0 Å². The van der Waals surface area contributed by atoms with Crippen LogP contribution in [0.15, 0.2) is 60.6 Å². The Bertz CT molecular complexity index is 1160. The molecule has 1 N–H and O–H groups in total. The summed E-state index contributed by atoms with van der Waals surface area (Å²) in [7, 11) is 5.82. The third kappa shape index (κ3) is 3.72. The van der Waals surface area contributed by atoms with Crippen LogP contribution in [0.5, 0.6) is 0 Å². The van der Waals surface area contributed by atoms with Crippen molar-refractivity contribution >= 4 is 28.4 Å². The minimum atomic E-state index is -0.671. The molecule has 0 bridgehead atoms. The van der Waals surface area contributed by atoms with Crippen molar-refractivity contribution in [3.8, 4) is 0 Å². The Morgan fingerprint density at radius 1 is 1.16 bits per heavy atom. The Labute approximate surface area is 181 Å². The van der Waals surface area contributed by atoms with Crippen molar-refractivity contribution in [2.24, 2.45) is 7.05 Å². The van der Waals surface area contributed by atoms with E-state index in [4.69, 9.17) is 0 Å². The molecule has 1 aliphatic heterocycles. The molecule has 3 aromatic rings. The molecule has 31 heavy (non-hydrogen) atoms. The first-order valence-electron chi connectivity index (χ1n) is 10.3. The normalized spacial score (nSPS) is 18.5. The van der Waals surface area contributed by atoms with Gasteiger partial charge in [0.15, 0.2) is 0 Å². The number of fused-ring (bicyclic) bond motifs is 1. The molecule has 0 spiro atoms. The molecule has 1 aliphatic rings. The number of aromatic nitrogens is 2. The molecule has 1 aromatic carbocycles. The average Bonchev–Trinajstić information content (AvgIpc) is 3.23. The number of aliphatic hydroxyl groups is 1. The lowest BCUT2D eigenvalue weighted by Crippen LogP contribution is -2.32. The maximum Gasteiger partial charge on any atom is 0.295 e. The number of benzene rings is 1. The number of rotatable bonds is 6. The van der Waals surface area contributed by atoms with Crippen molar-refractivity contribution in [2.75, 3.05) is 27.2 Å². The Balaban J connectivity index is 1.85. The molecular weight excluding hydrogens is 392 g/mol. The van der Waals surface area contributed by atoms with E-state index in [2.05, 4.69) is 4.98 Å². The van der Waals surface area contributed by atoms with E-state index in [1.807, 2.05) is 60.9 Å². The number of hydrogen-bond donors (Lipinski definition) is 1. The van der Waals surface area contributed by atoms with Gasteiger partial charge in [0.1, 0.15) is 5.76 Å². The fourth-order valence-electron chi connectivity index (χ4n) is 4.23. The number of aliphatic hydroxyl groups excluding tert-OH is 1. The summed E-state index contributed by atoms with van der Waals surface area (Å²) < 4.78 is 1.90. The first kappa shape index (κ1) is 20.8. The van der Waals surface area contributed by atoms with E-state index in [0.29, 0.717) is 24.1 Å². The van der Waals surface area contributed by atoms with Gasteiger partial charge in [-0.2, -0.15) is 0 Å². The second-order valence-electron chi connectivity index (χ2n) is 8.11. The number of hydrogen-bond acceptors (Lipinski definition) is 5. The molecule has 2 aromatic heterocycles. The van der Waals surface area contributed by atoms with Crippen molar-refractivity contribution in [2.45, 2.75) is 12.5 Å². The van der Waals surface area contributed by atoms with Crippen molar-refractivity contribution < 1.29 is 14.7 Å². The third-order valence-electron chi connectivity index (χ3n) is 5.70. The number of carbonyl (C=O) groups excluding carboxylic acids is 2. The number of amides is 1. The van der Waals surface area contributed by atoms with Gasteiger partial charge in [0, 0.05) is 48.6 Å². The average molecular weight is 418 g/mol. The Morgan fingerprint density at radius 3 is 2.65 bits per heavy atom. The van der Waals surface area contributed by atoms with Crippen LogP contribution in [0.4, 0.5) is 0 Å². The lowest BCUT2D eigenvalue weighted by molar-refractivity contribution is -0.139. The maximum atomic E-state index is 13.1. The van der Waals surface area contributed by atoms with E-state index >= 15 is 0 Å². The Hall–Kier alpha value is -3.45. The topological polar surface area (TPSA) is 78.7 Å². The molecule has 0 saturated carbocycles. The summed E-state index contributed by atoms with van der Waals surface area (Å²) in [6, 6.07) is 10.6. The van der Waals surface area contributed by atoms with Crippen LogP contribution < -0.4 is 0 Å². The van der Waals surface area contributed by atoms with E-state index in [0.717, 1.165) is 17.4 Å². The van der Waals surface area contributed by atoms with Gasteiger partial charge in [-0.05, 0) is 44.8 Å². The zero-order chi connectivity index (χ0) is 22.1. The minimum Gasteiger partial charge on any atom is -0.507 e. The third-order valence-corrected chi connectivity index (χ3v) is 5.70. The molecule has 0 unspecified atom stereocenters. The molecule has 1 fully saturated rings. The number of pyridine rings is 1. The second kappa shape index (κ2) is 8.35. The summed E-state index contributed by atoms with van der Waals surface area (Å²) in [5, 5.41) is 12.1. The minimum absolute atomic E-state index is 0.110. The Morgan fingerprint density at radius 2 is 1.94 bits per heavy atom. The highest BCUT2D eigenvalue weighted by Crippen LogP contribution is 2.40. The van der Waals surface area contributed by atoms with Gasteiger partial charge in [0.05, 0.1) is 11.6 Å². The summed E-state index contributed by atoms with van der Waals surface area (Å²) in [6.07, 6.45) is 5.79. The summed E-state index contributed by atoms with van der Waals surface area (Å²) in [4.78, 5) is 33.8. The smallest absolute Gasteiger partial charge is 0.295 e. The van der Waals surface area contributed by atoms with Gasteiger partial charge in [0.25, 0.3) is 11.7 Å². The predicted octanol–water partition coefficient (Wildman–Crippen LogP) is 2.95. The standard InChI is InChI=1S/C24H26N4O3/c1-26(2)12-7-13-28-21(16-8-6-11-25-14-16)20(23(30)24(28)31)22(29)18-15-27(3)19-10-5-4-9-17(18)19/h4-6,8-11,14-15,21,29H,7,12-13H2,1-3H3/t21-/m1/s1. The summed E-state index contributed by atoms with van der Waals surface area (Å²) in [5.41, 5.74) is 2.29. The molecule has 3 heterocycles. The fourth-order valence-corrected chi connectivity index (χ4v) is 4.23. The zero-order valence-electron chi connectivity index (χ0n) is 17.9. The van der Waals surface area contributed by atoms with Crippen LogP contribution in [0.2, 0.25) is 0 Å². The van der Waals surface area contributed by atoms with Gasteiger partial charge < -0.3 is 19.5 Å². The van der Waals surface area contributed by atoms with E-state index in [-0.39, 0.29) is 11.3 Å². The maximum absolute atomic E-state index is 13.1. The van der Waals surface area contributed by atoms with Crippen LogP contribution in [-0.4, -0.2) is 63.3 Å². The number of ketones is 1. The molecule has 0 aliphatic carbocycles. The van der Waals surface area contributed by atoms with Gasteiger partial charge in [-0.15, -0.1) is 0 Å². The number of para-hydroxylation sites is 1. The number of nitrogens with zero attached hydrogens (tertiary/aromatic N) is 4. The Kier molecular flexibility index (Phi) is 5.61. The second-order valence-corrected chi connectivity index (χ2v) is 8.11. The largest absolute Gasteiger partial charge is 0.507 e. The monoisotopic (exact) mass is 418 g/mol. The van der Waals surface area contributed by atoms with Crippen LogP contribution in [0.25, 0.3) is 16.7 Å². The SMILES string of the molecule is CN(C)CCCN1C(=O)C(=O)C(=C(O)c2cn(C)c3ccccc23)[C@H]1c1cccnc1. The van der Waals surface area contributed by atoms with Crippen molar-refractivity contribution in [3.05, 3.63) is 71.7 Å². The first-order chi connectivity index (χ1) is 14.9. The molecule has 7 heteroatoms. The molecule has 4 rings (SSSR count). The highest BCUT2D eigenvalue weighted by molar-refractivity contribution is 6.46. The number of aryl methyl sites for hydroxylation is 1. The highest BCUT2D eigenvalue weighted by atomic mass is 16.3. The van der Waals surface area contributed by atoms with E-state index < -0.39 is 17.7 Å². The lowest BCUT2D eigenvalue weighted by Gasteiger charge is -2.25. The highest BCUT2D eigenvalue weighted by Gasteiger charge is 2.46. The van der Waals surface area contributed by atoms with Gasteiger partial charge in [0.2, 0.25) is 0 Å². The van der Waals surface area contributed by atoms with E-state index in [1.54, 1.807) is 29.6 Å². The predicted molar refractivity (Wildman–Crippen MR) is 119 cm³/mol. The summed E-state index contributed by atoms with van der Waals surface area (Å²) in [5.74, 6) is -1.40. The fraction of sp³-hybridized carbons (Fsp3) is 0.292. The first-order valence-corrected chi connectivity index (χ1v) is 10.3. The molecular formula is C24H26N4O3. The zero-order valence-corrected chi connectivity index (χ0v) is 17.9. The molecule has 1 atom stereocenters. The molecule has 0 radical (unpaired) electrons. The van der Waals surface area contributed by atoms with Crippen LogP contribution in [0.3, 0.4) is 0 Å². The van der Waals surface area contributed by atoms with Crippen LogP contribution in [0.1, 0.15) is 23.6 Å². The van der Waals surface area contributed by atoms with Crippen molar-refractivity contribution in [1.82, 2.24) is 19.4 Å². The number of likely N-dealkylation sites (tertiary alicyclic amines) is 1. The molecule has 7 nitrogen and oxygen atoms in total. The van der Waals surface area contributed by atoms with Gasteiger partial charge >= 0.3 is 0 Å². The lowest BCUT2D eigenvalue weighted by atomic mass is 9.96. The van der Waals surface area contributed by atoms with Crippen LogP contribution in [0, 0.1) is 0 Å². The van der Waals surface area contributed by atoms with E-state index in [9.17, 15) is 14.7 Å². The van der Waals surface area contributed by atoms with Crippen LogP contribution in [-0.2, 0) is 16.6 Å². The van der Waals surface area contributed by atoms with Crippen molar-refractivity contribution in [3.63, 3.8) is 0 Å². The van der Waals surface area contributed by atoms with Gasteiger partial charge in [-0.1, -0.05) is 24.3 Å². The van der Waals surface area contributed by atoms with E-state index in [1.165, 1.54) is 0 Å². The molecule has 160 valence electrons. The molecule has 1 amide bonds. The van der Waals surface area contributed by atoms with Gasteiger partial charge in [-0.25, -0.2) is 0 Å².